The van der Waals surface area contributed by atoms with E-state index in [0.717, 1.165) is 0 Å². The molecule has 0 aromatic heterocycles. The Kier molecular flexibility index (Phi) is 3.82. The van der Waals surface area contributed by atoms with Crippen molar-refractivity contribution in [3.63, 3.8) is 0 Å². The second-order valence-electron chi connectivity index (χ2n) is 3.12. The normalized spacial score (nSPS) is 10.5. The topological polar surface area (TPSA) is 101 Å². The summed E-state index contributed by atoms with van der Waals surface area (Å²) in [4.78, 5) is 2.18. The first-order chi connectivity index (χ1) is 7.96. The van der Waals surface area contributed by atoms with Crippen molar-refractivity contribution < 1.29 is 17.9 Å². The minimum absolute atomic E-state index is 0.104. The van der Waals surface area contributed by atoms with Crippen molar-refractivity contribution in [1.82, 2.24) is 0 Å². The molecule has 1 aromatic rings. The van der Waals surface area contributed by atoms with Gasteiger partial charge >= 0.3 is 0 Å². The van der Waals surface area contributed by atoms with Crippen LogP contribution in [0.2, 0.25) is 0 Å². The molecule has 0 aliphatic carbocycles. The van der Waals surface area contributed by atoms with Gasteiger partial charge in [-0.1, -0.05) is 0 Å². The summed E-state index contributed by atoms with van der Waals surface area (Å²) >= 11 is 0. The number of benzene rings is 1. The zero-order valence-electron chi connectivity index (χ0n) is 9.54. The Hall–Kier alpha value is -1.92. The summed E-state index contributed by atoms with van der Waals surface area (Å²) < 4.78 is 36.0. The standard InChI is InChI=1S/C9H11N3O4S/c1-6-4-7(15-2)8(16-3)5-9(6)17(13,14)12-11-10/h4-5H,1-3H3. The highest BCUT2D eigenvalue weighted by atomic mass is 32.2. The molecule has 1 aromatic carbocycles. The van der Waals surface area contributed by atoms with Gasteiger partial charge in [0.15, 0.2) is 11.5 Å². The van der Waals surface area contributed by atoms with Crippen molar-refractivity contribution in [3.05, 3.63) is 28.1 Å². The predicted molar refractivity (Wildman–Crippen MR) is 60.6 cm³/mol. The van der Waals surface area contributed by atoms with Crippen LogP contribution in [-0.4, -0.2) is 22.6 Å². The Labute approximate surface area is 98.6 Å². The summed E-state index contributed by atoms with van der Waals surface area (Å²) in [5, 5.41) is 0. The number of nitrogens with zero attached hydrogens (tertiary/aromatic N) is 3. The summed E-state index contributed by atoms with van der Waals surface area (Å²) in [6.07, 6.45) is 0. The monoisotopic (exact) mass is 257 g/mol. The van der Waals surface area contributed by atoms with Gasteiger partial charge in [-0.05, 0) is 24.1 Å². The fraction of sp³-hybridized carbons (Fsp3) is 0.333. The van der Waals surface area contributed by atoms with Gasteiger partial charge in [0.1, 0.15) is 0 Å². The molecule has 1 rings (SSSR count). The Morgan fingerprint density at radius 1 is 1.24 bits per heavy atom. The number of sulfonamides is 1. The minimum atomic E-state index is -4.03. The third kappa shape index (κ3) is 2.61. The van der Waals surface area contributed by atoms with Crippen LogP contribution in [0.1, 0.15) is 5.56 Å². The smallest absolute Gasteiger partial charge is 0.264 e. The first-order valence-electron chi connectivity index (χ1n) is 4.50. The highest BCUT2D eigenvalue weighted by Crippen LogP contribution is 2.32. The Balaban J connectivity index is 3.52. The number of hydrogen-bond donors (Lipinski definition) is 0. The SMILES string of the molecule is COc1cc(C)c(S(=O)(=O)N=[N+]=[N-])cc1OC. The average molecular weight is 257 g/mol. The molecule has 0 fully saturated rings. The van der Waals surface area contributed by atoms with E-state index in [-0.39, 0.29) is 10.6 Å². The predicted octanol–water partition coefficient (Wildman–Crippen LogP) is 2.01. The number of ether oxygens (including phenoxy) is 2. The third-order valence-electron chi connectivity index (χ3n) is 2.10. The van der Waals surface area contributed by atoms with E-state index in [4.69, 9.17) is 15.0 Å². The van der Waals surface area contributed by atoms with E-state index >= 15 is 0 Å². The van der Waals surface area contributed by atoms with Crippen molar-refractivity contribution in [1.29, 1.82) is 0 Å². The Morgan fingerprint density at radius 3 is 2.24 bits per heavy atom. The van der Waals surface area contributed by atoms with Gasteiger partial charge in [0.25, 0.3) is 10.0 Å². The van der Waals surface area contributed by atoms with Crippen LogP contribution < -0.4 is 9.47 Å². The largest absolute Gasteiger partial charge is 0.493 e. The Morgan fingerprint density at radius 2 is 1.76 bits per heavy atom. The summed E-state index contributed by atoms with van der Waals surface area (Å²) in [7, 11) is -1.20. The number of methoxy groups -OCH3 is 2. The fourth-order valence-corrected chi connectivity index (χ4v) is 2.24. The molecule has 92 valence electrons. The molecule has 0 aliphatic rings. The van der Waals surface area contributed by atoms with Crippen LogP contribution in [0.25, 0.3) is 10.4 Å². The van der Waals surface area contributed by atoms with Crippen LogP contribution >= 0.6 is 0 Å². The second kappa shape index (κ2) is 4.94. The molecule has 0 radical (unpaired) electrons. The van der Waals surface area contributed by atoms with Crippen molar-refractivity contribution in [2.75, 3.05) is 14.2 Å². The molecule has 0 saturated carbocycles. The summed E-state index contributed by atoms with van der Waals surface area (Å²) in [5.74, 6) is 0.662. The number of rotatable bonds is 4. The van der Waals surface area contributed by atoms with E-state index in [1.165, 1.54) is 26.4 Å². The van der Waals surface area contributed by atoms with Gasteiger partial charge < -0.3 is 9.47 Å². The molecular weight excluding hydrogens is 246 g/mol. The van der Waals surface area contributed by atoms with E-state index in [2.05, 4.69) is 9.43 Å². The summed E-state index contributed by atoms with van der Waals surface area (Å²) in [6, 6.07) is 2.76. The van der Waals surface area contributed by atoms with E-state index in [1.54, 1.807) is 6.92 Å². The lowest BCUT2D eigenvalue weighted by molar-refractivity contribution is 0.353. The van der Waals surface area contributed by atoms with Gasteiger partial charge in [-0.3, -0.25) is 0 Å². The van der Waals surface area contributed by atoms with E-state index in [9.17, 15) is 8.42 Å². The van der Waals surface area contributed by atoms with Crippen LogP contribution in [0, 0.1) is 6.92 Å². The maximum absolute atomic E-state index is 11.6. The van der Waals surface area contributed by atoms with Gasteiger partial charge in [-0.15, -0.1) is 0 Å². The number of hydrogen-bond acceptors (Lipinski definition) is 4. The zero-order chi connectivity index (χ0) is 13.1. The quantitative estimate of drug-likeness (QED) is 0.467. The van der Waals surface area contributed by atoms with E-state index in [1.807, 2.05) is 0 Å². The molecule has 0 unspecified atom stereocenters. The van der Waals surface area contributed by atoms with Crippen molar-refractivity contribution in [3.8, 4) is 11.5 Å². The maximum Gasteiger partial charge on any atom is 0.264 e. The summed E-state index contributed by atoms with van der Waals surface area (Å²) in [5.41, 5.74) is 8.62. The lowest BCUT2D eigenvalue weighted by Gasteiger charge is -2.11. The fourth-order valence-electron chi connectivity index (χ4n) is 1.33. The highest BCUT2D eigenvalue weighted by Gasteiger charge is 2.18. The Bertz CT molecular complexity index is 576. The molecule has 0 bridgehead atoms. The van der Waals surface area contributed by atoms with Crippen LogP contribution in [0.15, 0.2) is 21.5 Å². The zero-order valence-corrected chi connectivity index (χ0v) is 10.4. The lowest BCUT2D eigenvalue weighted by Crippen LogP contribution is -2.01. The van der Waals surface area contributed by atoms with Gasteiger partial charge in [0, 0.05) is 15.5 Å². The highest BCUT2D eigenvalue weighted by molar-refractivity contribution is 7.90. The van der Waals surface area contributed by atoms with Crippen LogP contribution in [0.3, 0.4) is 0 Å². The van der Waals surface area contributed by atoms with Crippen molar-refractivity contribution in [2.45, 2.75) is 11.8 Å². The molecule has 0 amide bonds. The van der Waals surface area contributed by atoms with Crippen molar-refractivity contribution in [2.24, 2.45) is 4.52 Å². The van der Waals surface area contributed by atoms with Gasteiger partial charge in [0.2, 0.25) is 0 Å². The maximum atomic E-state index is 11.6. The molecule has 0 N–H and O–H groups in total. The average Bonchev–Trinajstić information content (AvgIpc) is 2.28. The number of aryl methyl sites for hydroxylation is 1. The first-order valence-corrected chi connectivity index (χ1v) is 5.94. The molecule has 0 heterocycles. The van der Waals surface area contributed by atoms with Crippen LogP contribution in [0.4, 0.5) is 0 Å². The molecule has 7 nitrogen and oxygen atoms in total. The lowest BCUT2D eigenvalue weighted by atomic mass is 10.2. The summed E-state index contributed by atoms with van der Waals surface area (Å²) in [6.45, 7) is 1.57. The third-order valence-corrected chi connectivity index (χ3v) is 3.39. The van der Waals surface area contributed by atoms with E-state index in [0.29, 0.717) is 11.3 Å². The molecular formula is C9H11N3O4S. The minimum Gasteiger partial charge on any atom is -0.493 e. The number of azide groups is 1. The van der Waals surface area contributed by atoms with Crippen molar-refractivity contribution >= 4 is 10.0 Å². The van der Waals surface area contributed by atoms with Gasteiger partial charge in [-0.2, -0.15) is 0 Å². The van der Waals surface area contributed by atoms with Gasteiger partial charge in [-0.25, -0.2) is 8.42 Å². The van der Waals surface area contributed by atoms with Crippen LogP contribution in [-0.2, 0) is 10.0 Å². The second-order valence-corrected chi connectivity index (χ2v) is 4.67. The molecule has 0 saturated heterocycles. The van der Waals surface area contributed by atoms with Gasteiger partial charge in [0.05, 0.1) is 19.1 Å². The van der Waals surface area contributed by atoms with E-state index < -0.39 is 10.0 Å². The molecule has 17 heavy (non-hydrogen) atoms. The molecule has 8 heteroatoms. The first kappa shape index (κ1) is 13.1. The molecule has 0 atom stereocenters. The van der Waals surface area contributed by atoms with Crippen LogP contribution in [0.5, 0.6) is 11.5 Å². The molecule has 0 spiro atoms. The molecule has 0 aliphatic heterocycles.